The Kier molecular flexibility index (Phi) is 5.84. The summed E-state index contributed by atoms with van der Waals surface area (Å²) >= 11 is 0. The standard InChI is InChI=1S/C23H24N2O6S/c1-13-9-21(31-20-8-7-19(20)30-2)18(10-16(13)12-24)25-32(28,29)22-11-15(23(26)27)5-6-17(22)14-3-4-14/h5-6,9-11,14,19-20,25H,3-4,7-8H2,1-2H3,(H,26,27). The van der Waals surface area contributed by atoms with Crippen LogP contribution in [0.15, 0.2) is 35.2 Å². The van der Waals surface area contributed by atoms with E-state index >= 15 is 0 Å². The lowest BCUT2D eigenvalue weighted by molar-refractivity contribution is -0.0622. The molecule has 2 aliphatic carbocycles. The van der Waals surface area contributed by atoms with Crippen molar-refractivity contribution >= 4 is 21.7 Å². The number of rotatable bonds is 8. The van der Waals surface area contributed by atoms with Gasteiger partial charge in [0.1, 0.15) is 11.9 Å². The fourth-order valence-electron chi connectivity index (χ4n) is 3.82. The molecule has 2 aromatic carbocycles. The average Bonchev–Trinajstić information content (AvgIpc) is 3.57. The summed E-state index contributed by atoms with van der Waals surface area (Å²) < 4.78 is 40.7. The Morgan fingerprint density at radius 1 is 1.16 bits per heavy atom. The molecule has 8 nitrogen and oxygen atoms in total. The highest BCUT2D eigenvalue weighted by molar-refractivity contribution is 7.92. The highest BCUT2D eigenvalue weighted by atomic mass is 32.2. The fourth-order valence-corrected chi connectivity index (χ4v) is 5.20. The Labute approximate surface area is 186 Å². The quantitative estimate of drug-likeness (QED) is 0.619. The number of carboxylic acids is 1. The molecule has 0 aromatic heterocycles. The summed E-state index contributed by atoms with van der Waals surface area (Å²) in [4.78, 5) is 11.4. The second-order valence-corrected chi connectivity index (χ2v) is 9.87. The minimum atomic E-state index is -4.14. The molecule has 0 saturated heterocycles. The Morgan fingerprint density at radius 2 is 1.88 bits per heavy atom. The SMILES string of the molecule is COC1CCC1Oc1cc(C)c(C#N)cc1NS(=O)(=O)c1cc(C(=O)O)ccc1C1CC1. The van der Waals surface area contributed by atoms with Crippen molar-refractivity contribution in [2.45, 2.75) is 55.6 Å². The van der Waals surface area contributed by atoms with E-state index in [0.717, 1.165) is 25.7 Å². The van der Waals surface area contributed by atoms with Gasteiger partial charge in [0.2, 0.25) is 0 Å². The molecule has 9 heteroatoms. The molecule has 168 valence electrons. The van der Waals surface area contributed by atoms with Crippen molar-refractivity contribution in [3.8, 4) is 11.8 Å². The molecular formula is C23H24N2O6S. The molecule has 0 aliphatic heterocycles. The van der Waals surface area contributed by atoms with E-state index in [9.17, 15) is 23.6 Å². The topological polar surface area (TPSA) is 126 Å². The molecule has 2 aliphatic rings. The molecule has 0 spiro atoms. The second kappa shape index (κ2) is 8.45. The molecule has 0 bridgehead atoms. The molecule has 0 heterocycles. The van der Waals surface area contributed by atoms with Crippen LogP contribution in [0.4, 0.5) is 5.69 Å². The van der Waals surface area contributed by atoms with Gasteiger partial charge in [-0.15, -0.1) is 0 Å². The number of aromatic carboxylic acids is 1. The van der Waals surface area contributed by atoms with Gasteiger partial charge in [0, 0.05) is 7.11 Å². The zero-order valence-corrected chi connectivity index (χ0v) is 18.6. The second-order valence-electron chi connectivity index (χ2n) is 8.22. The molecule has 0 radical (unpaired) electrons. The number of carbonyl (C=O) groups is 1. The van der Waals surface area contributed by atoms with Crippen molar-refractivity contribution < 1.29 is 27.8 Å². The summed E-state index contributed by atoms with van der Waals surface area (Å²) in [6.07, 6.45) is 3.04. The van der Waals surface area contributed by atoms with E-state index in [1.165, 1.54) is 18.2 Å². The lowest BCUT2D eigenvalue weighted by atomic mass is 9.91. The highest BCUT2D eigenvalue weighted by Crippen LogP contribution is 2.44. The van der Waals surface area contributed by atoms with E-state index in [-0.39, 0.29) is 34.3 Å². The van der Waals surface area contributed by atoms with E-state index in [1.54, 1.807) is 26.2 Å². The average molecular weight is 457 g/mol. The van der Waals surface area contributed by atoms with Crippen molar-refractivity contribution in [3.05, 3.63) is 52.6 Å². The number of nitrogens with one attached hydrogen (secondary N) is 1. The van der Waals surface area contributed by atoms with Crippen LogP contribution in [-0.4, -0.2) is 38.8 Å². The van der Waals surface area contributed by atoms with Crippen LogP contribution in [0.2, 0.25) is 0 Å². The molecule has 32 heavy (non-hydrogen) atoms. The maximum atomic E-state index is 13.4. The number of carboxylic acid groups (broad SMARTS) is 1. The first-order chi connectivity index (χ1) is 15.2. The first kappa shape index (κ1) is 22.1. The van der Waals surface area contributed by atoms with Gasteiger partial charge in [0.05, 0.1) is 33.9 Å². The summed E-state index contributed by atoms with van der Waals surface area (Å²) in [6.45, 7) is 1.75. The first-order valence-corrected chi connectivity index (χ1v) is 11.9. The van der Waals surface area contributed by atoms with Crippen LogP contribution in [-0.2, 0) is 14.8 Å². The highest BCUT2D eigenvalue weighted by Gasteiger charge is 2.35. The van der Waals surface area contributed by atoms with E-state index in [2.05, 4.69) is 10.8 Å². The number of hydrogen-bond acceptors (Lipinski definition) is 6. The Bertz CT molecular complexity index is 1210. The van der Waals surface area contributed by atoms with Gasteiger partial charge >= 0.3 is 5.97 Å². The van der Waals surface area contributed by atoms with Crippen LogP contribution in [0, 0.1) is 18.3 Å². The number of anilines is 1. The number of methoxy groups -OCH3 is 1. The van der Waals surface area contributed by atoms with Crippen molar-refractivity contribution in [1.82, 2.24) is 0 Å². The predicted molar refractivity (Wildman–Crippen MR) is 117 cm³/mol. The van der Waals surface area contributed by atoms with Crippen LogP contribution < -0.4 is 9.46 Å². The molecule has 0 amide bonds. The van der Waals surface area contributed by atoms with Gasteiger partial charge in [0.15, 0.2) is 0 Å². The molecule has 2 saturated carbocycles. The van der Waals surface area contributed by atoms with Crippen molar-refractivity contribution in [2.24, 2.45) is 0 Å². The van der Waals surface area contributed by atoms with Gasteiger partial charge < -0.3 is 14.6 Å². The maximum Gasteiger partial charge on any atom is 0.335 e. The normalized spacial score (nSPS) is 20.2. The van der Waals surface area contributed by atoms with E-state index in [1.807, 2.05) is 0 Å². The van der Waals surface area contributed by atoms with Crippen molar-refractivity contribution in [2.75, 3.05) is 11.8 Å². The molecule has 2 N–H and O–H groups in total. The van der Waals surface area contributed by atoms with Gasteiger partial charge in [0.25, 0.3) is 10.0 Å². The first-order valence-electron chi connectivity index (χ1n) is 10.4. The zero-order chi connectivity index (χ0) is 23.0. The minimum absolute atomic E-state index is 0.0663. The van der Waals surface area contributed by atoms with Gasteiger partial charge in [-0.25, -0.2) is 13.2 Å². The number of nitrogens with zero attached hydrogens (tertiary/aromatic N) is 1. The molecule has 4 rings (SSSR count). The molecular weight excluding hydrogens is 432 g/mol. The van der Waals surface area contributed by atoms with E-state index in [0.29, 0.717) is 22.4 Å². The van der Waals surface area contributed by atoms with Crippen LogP contribution in [0.1, 0.15) is 58.6 Å². The number of nitriles is 1. The van der Waals surface area contributed by atoms with Crippen LogP contribution in [0.5, 0.6) is 5.75 Å². The lowest BCUT2D eigenvalue weighted by Crippen LogP contribution is -2.42. The summed E-state index contributed by atoms with van der Waals surface area (Å²) in [6, 6.07) is 9.32. The molecule has 2 atom stereocenters. The lowest BCUT2D eigenvalue weighted by Gasteiger charge is -2.35. The summed E-state index contributed by atoms with van der Waals surface area (Å²) in [7, 11) is -2.54. The van der Waals surface area contributed by atoms with E-state index < -0.39 is 16.0 Å². The Balaban J connectivity index is 1.74. The monoisotopic (exact) mass is 456 g/mol. The number of aryl methyl sites for hydroxylation is 1. The molecule has 2 aromatic rings. The number of ether oxygens (including phenoxy) is 2. The largest absolute Gasteiger partial charge is 0.486 e. The van der Waals surface area contributed by atoms with Gasteiger partial charge in [-0.3, -0.25) is 4.72 Å². The van der Waals surface area contributed by atoms with Crippen LogP contribution in [0.3, 0.4) is 0 Å². The summed E-state index contributed by atoms with van der Waals surface area (Å²) in [5.74, 6) is -0.810. The number of benzene rings is 2. The third-order valence-corrected chi connectivity index (χ3v) is 7.41. The minimum Gasteiger partial charge on any atom is -0.486 e. The summed E-state index contributed by atoms with van der Waals surface area (Å²) in [5.41, 5.74) is 1.59. The van der Waals surface area contributed by atoms with Gasteiger partial charge in [-0.2, -0.15) is 5.26 Å². The van der Waals surface area contributed by atoms with E-state index in [4.69, 9.17) is 9.47 Å². The molecule has 2 fully saturated rings. The third-order valence-electron chi connectivity index (χ3n) is 5.99. The number of hydrogen-bond donors (Lipinski definition) is 2. The zero-order valence-electron chi connectivity index (χ0n) is 17.8. The Hall–Kier alpha value is -3.09. The summed E-state index contributed by atoms with van der Waals surface area (Å²) in [5, 5.41) is 18.8. The smallest absolute Gasteiger partial charge is 0.335 e. The number of sulfonamides is 1. The third kappa shape index (κ3) is 4.29. The van der Waals surface area contributed by atoms with Crippen molar-refractivity contribution in [1.29, 1.82) is 5.26 Å². The molecule has 2 unspecified atom stereocenters. The fraction of sp³-hybridized carbons (Fsp3) is 0.391. The van der Waals surface area contributed by atoms with Crippen LogP contribution >= 0.6 is 0 Å². The predicted octanol–water partition coefficient (Wildman–Crippen LogP) is 3.80. The maximum absolute atomic E-state index is 13.4. The van der Waals surface area contributed by atoms with Crippen LogP contribution in [0.25, 0.3) is 0 Å². The Morgan fingerprint density at radius 3 is 2.44 bits per heavy atom. The van der Waals surface area contributed by atoms with Gasteiger partial charge in [-0.05, 0) is 73.9 Å². The van der Waals surface area contributed by atoms with Gasteiger partial charge in [-0.1, -0.05) is 6.07 Å². The van der Waals surface area contributed by atoms with Crippen molar-refractivity contribution in [3.63, 3.8) is 0 Å².